The number of benzene rings is 2. The largest absolute Gasteiger partial charge is 0.507 e. The first-order valence-electron chi connectivity index (χ1n) is 8.78. The standard InChI is InChI=1S/C22H22O6/c1-12(26-2)10-14(27-3)11-13-8-9-16-19(20(13)23)22(25)15-6-5-7-17(28-4)18(15)21(16)24/h5-9,14,23H,1,10-11H2,2-4H3. The number of hydrogen-bond acceptors (Lipinski definition) is 6. The van der Waals surface area contributed by atoms with Gasteiger partial charge in [0.15, 0.2) is 11.6 Å². The second kappa shape index (κ2) is 7.86. The van der Waals surface area contributed by atoms with Crippen molar-refractivity contribution in [1.29, 1.82) is 0 Å². The van der Waals surface area contributed by atoms with Gasteiger partial charge in [-0.2, -0.15) is 0 Å². The normalized spacial score (nSPS) is 13.5. The number of phenols is 1. The molecule has 0 saturated heterocycles. The lowest BCUT2D eigenvalue weighted by atomic mass is 9.81. The molecule has 0 spiro atoms. The molecule has 0 bridgehead atoms. The fourth-order valence-corrected chi connectivity index (χ4v) is 3.43. The topological polar surface area (TPSA) is 82.1 Å². The third-order valence-electron chi connectivity index (χ3n) is 4.98. The van der Waals surface area contributed by atoms with E-state index in [0.29, 0.717) is 29.9 Å². The first-order valence-corrected chi connectivity index (χ1v) is 8.78. The predicted molar refractivity (Wildman–Crippen MR) is 103 cm³/mol. The Balaban J connectivity index is 2.03. The van der Waals surface area contributed by atoms with E-state index in [1.807, 2.05) is 0 Å². The lowest BCUT2D eigenvalue weighted by molar-refractivity contribution is 0.0881. The van der Waals surface area contributed by atoms with Crippen molar-refractivity contribution in [3.63, 3.8) is 0 Å². The van der Waals surface area contributed by atoms with E-state index in [4.69, 9.17) is 14.2 Å². The molecule has 2 aromatic rings. The average Bonchev–Trinajstić information content (AvgIpc) is 2.71. The summed E-state index contributed by atoms with van der Waals surface area (Å²) in [6, 6.07) is 8.05. The van der Waals surface area contributed by atoms with Crippen LogP contribution in [0.15, 0.2) is 42.7 Å². The molecule has 1 aliphatic rings. The van der Waals surface area contributed by atoms with E-state index in [1.165, 1.54) is 14.2 Å². The first kappa shape index (κ1) is 19.6. The summed E-state index contributed by atoms with van der Waals surface area (Å²) in [6.07, 6.45) is 0.485. The van der Waals surface area contributed by atoms with E-state index < -0.39 is 5.78 Å². The highest BCUT2D eigenvalue weighted by atomic mass is 16.5. The molecule has 2 aromatic carbocycles. The van der Waals surface area contributed by atoms with Crippen LogP contribution in [0.25, 0.3) is 0 Å². The van der Waals surface area contributed by atoms with Crippen LogP contribution < -0.4 is 4.74 Å². The Morgan fingerprint density at radius 2 is 1.71 bits per heavy atom. The fourth-order valence-electron chi connectivity index (χ4n) is 3.43. The summed E-state index contributed by atoms with van der Waals surface area (Å²) in [4.78, 5) is 26.0. The van der Waals surface area contributed by atoms with Crippen LogP contribution in [-0.4, -0.2) is 44.1 Å². The second-order valence-corrected chi connectivity index (χ2v) is 6.55. The van der Waals surface area contributed by atoms with Crippen molar-refractivity contribution in [3.8, 4) is 11.5 Å². The zero-order valence-corrected chi connectivity index (χ0v) is 16.1. The average molecular weight is 382 g/mol. The highest BCUT2D eigenvalue weighted by molar-refractivity contribution is 6.30. The van der Waals surface area contributed by atoms with Gasteiger partial charge in [0.25, 0.3) is 0 Å². The Hall–Kier alpha value is -3.12. The van der Waals surface area contributed by atoms with Crippen molar-refractivity contribution < 1.29 is 28.9 Å². The van der Waals surface area contributed by atoms with Crippen LogP contribution in [0.5, 0.6) is 11.5 Å². The molecule has 1 aliphatic carbocycles. The monoisotopic (exact) mass is 382 g/mol. The zero-order valence-electron chi connectivity index (χ0n) is 16.1. The Labute approximate surface area is 163 Å². The van der Waals surface area contributed by atoms with Crippen molar-refractivity contribution >= 4 is 11.6 Å². The first-order chi connectivity index (χ1) is 13.4. The van der Waals surface area contributed by atoms with Crippen molar-refractivity contribution in [1.82, 2.24) is 0 Å². The summed E-state index contributed by atoms with van der Waals surface area (Å²) < 4.78 is 15.8. The number of fused-ring (bicyclic) bond motifs is 2. The molecular formula is C22H22O6. The number of phenolic OH excluding ortho intramolecular Hbond substituents is 1. The van der Waals surface area contributed by atoms with Crippen LogP contribution >= 0.6 is 0 Å². The summed E-state index contributed by atoms with van der Waals surface area (Å²) in [5.74, 6) is -0.0633. The minimum absolute atomic E-state index is 0.0173. The predicted octanol–water partition coefficient (Wildman–Crippen LogP) is 3.28. The van der Waals surface area contributed by atoms with Crippen molar-refractivity contribution in [2.24, 2.45) is 0 Å². The van der Waals surface area contributed by atoms with Gasteiger partial charge in [0.2, 0.25) is 0 Å². The molecule has 0 saturated carbocycles. The number of carbonyl (C=O) groups excluding carboxylic acids is 2. The van der Waals surface area contributed by atoms with Gasteiger partial charge in [0, 0.05) is 31.1 Å². The highest BCUT2D eigenvalue weighted by Gasteiger charge is 2.35. The smallest absolute Gasteiger partial charge is 0.198 e. The van der Waals surface area contributed by atoms with Gasteiger partial charge < -0.3 is 19.3 Å². The maximum absolute atomic E-state index is 13.0. The molecular weight excluding hydrogens is 360 g/mol. The number of methoxy groups -OCH3 is 3. The van der Waals surface area contributed by atoms with E-state index in [-0.39, 0.29) is 39.9 Å². The third-order valence-corrected chi connectivity index (χ3v) is 4.98. The van der Waals surface area contributed by atoms with Crippen LogP contribution in [0.3, 0.4) is 0 Å². The Morgan fingerprint density at radius 1 is 1.04 bits per heavy atom. The molecule has 0 aromatic heterocycles. The molecule has 3 rings (SSSR count). The number of rotatable bonds is 7. The molecule has 146 valence electrons. The number of carbonyl (C=O) groups is 2. The van der Waals surface area contributed by atoms with Gasteiger partial charge in [0.1, 0.15) is 11.5 Å². The summed E-state index contributed by atoms with van der Waals surface area (Å²) >= 11 is 0. The molecule has 28 heavy (non-hydrogen) atoms. The van der Waals surface area contributed by atoms with Gasteiger partial charge >= 0.3 is 0 Å². The van der Waals surface area contributed by atoms with Crippen molar-refractivity contribution in [2.75, 3.05) is 21.3 Å². The summed E-state index contributed by atoms with van der Waals surface area (Å²) in [6.45, 7) is 3.78. The molecule has 0 amide bonds. The number of ketones is 2. The van der Waals surface area contributed by atoms with Crippen LogP contribution in [0.1, 0.15) is 43.8 Å². The Kier molecular flexibility index (Phi) is 5.51. The van der Waals surface area contributed by atoms with E-state index in [1.54, 1.807) is 37.4 Å². The minimum Gasteiger partial charge on any atom is -0.507 e. The molecule has 0 aliphatic heterocycles. The molecule has 0 fully saturated rings. The summed E-state index contributed by atoms with van der Waals surface area (Å²) in [5, 5.41) is 10.8. The molecule has 0 heterocycles. The number of aromatic hydroxyl groups is 1. The maximum atomic E-state index is 13.0. The Bertz CT molecular complexity index is 960. The van der Waals surface area contributed by atoms with E-state index in [0.717, 1.165) is 0 Å². The highest BCUT2D eigenvalue weighted by Crippen LogP contribution is 2.38. The minimum atomic E-state index is -0.405. The fraction of sp³-hybridized carbons (Fsp3) is 0.273. The van der Waals surface area contributed by atoms with Crippen LogP contribution in [0.2, 0.25) is 0 Å². The molecule has 0 radical (unpaired) electrons. The third kappa shape index (κ3) is 3.27. The van der Waals surface area contributed by atoms with Crippen molar-refractivity contribution in [2.45, 2.75) is 18.9 Å². The van der Waals surface area contributed by atoms with Crippen molar-refractivity contribution in [3.05, 3.63) is 70.5 Å². The van der Waals surface area contributed by atoms with Crippen LogP contribution in [-0.2, 0) is 15.9 Å². The molecule has 1 N–H and O–H groups in total. The summed E-state index contributed by atoms with van der Waals surface area (Å²) in [5.41, 5.74) is 1.14. The van der Waals surface area contributed by atoms with E-state index in [9.17, 15) is 14.7 Å². The Morgan fingerprint density at radius 3 is 2.36 bits per heavy atom. The van der Waals surface area contributed by atoms with Crippen LogP contribution in [0, 0.1) is 0 Å². The number of hydrogen-bond donors (Lipinski definition) is 1. The van der Waals surface area contributed by atoms with Gasteiger partial charge in [0.05, 0.1) is 37.2 Å². The van der Waals surface area contributed by atoms with Gasteiger partial charge in [-0.25, -0.2) is 0 Å². The van der Waals surface area contributed by atoms with Gasteiger partial charge in [-0.05, 0) is 17.7 Å². The van der Waals surface area contributed by atoms with Gasteiger partial charge in [-0.1, -0.05) is 24.8 Å². The van der Waals surface area contributed by atoms with Gasteiger partial charge in [-0.3, -0.25) is 9.59 Å². The van der Waals surface area contributed by atoms with Crippen LogP contribution in [0.4, 0.5) is 0 Å². The van der Waals surface area contributed by atoms with E-state index in [2.05, 4.69) is 6.58 Å². The second-order valence-electron chi connectivity index (χ2n) is 6.55. The van der Waals surface area contributed by atoms with E-state index >= 15 is 0 Å². The maximum Gasteiger partial charge on any atom is 0.198 e. The molecule has 6 heteroatoms. The summed E-state index contributed by atoms with van der Waals surface area (Å²) in [7, 11) is 4.53. The lowest BCUT2D eigenvalue weighted by Gasteiger charge is -2.22. The SMILES string of the molecule is C=C(CC(Cc1ccc2c(c1O)C(=O)c1cccc(OC)c1C2=O)OC)OC. The molecule has 1 unspecified atom stereocenters. The quantitative estimate of drug-likeness (QED) is 0.632. The number of ether oxygens (including phenoxy) is 3. The molecule has 1 atom stereocenters. The molecule has 6 nitrogen and oxygen atoms in total. The van der Waals surface area contributed by atoms with Gasteiger partial charge in [-0.15, -0.1) is 0 Å². The zero-order chi connectivity index (χ0) is 20.4. The lowest BCUT2D eigenvalue weighted by Crippen LogP contribution is -2.23.